The van der Waals surface area contributed by atoms with Crippen LogP contribution >= 0.6 is 11.6 Å². The van der Waals surface area contributed by atoms with Gasteiger partial charge in [0.2, 0.25) is 23.0 Å². The van der Waals surface area contributed by atoms with E-state index in [0.29, 0.717) is 12.1 Å². The number of nitrogens with zero attached hydrogens (tertiary/aromatic N) is 5. The molecule has 0 aliphatic carbocycles. The molecule has 5 N–H and O–H groups in total. The maximum Gasteiger partial charge on any atom is 0.307 e. The number of nitro benzene ring substituents is 1. The van der Waals surface area contributed by atoms with Gasteiger partial charge in [-0.2, -0.15) is 36.2 Å². The largest absolute Gasteiger partial charge is 0.354 e. The number of rotatable bonds is 10. The highest BCUT2D eigenvalue weighted by Crippen LogP contribution is 2.36. The normalized spacial score (nSPS) is 11.6. The summed E-state index contributed by atoms with van der Waals surface area (Å²) in [6, 6.07) is 8.22. The molecular weight excluding hydrogens is 639 g/mol. The fourth-order valence-electron chi connectivity index (χ4n) is 3.68. The van der Waals surface area contributed by atoms with Crippen molar-refractivity contribution in [1.82, 2.24) is 15.0 Å². The Morgan fingerprint density at radius 3 is 2.00 bits per heavy atom. The van der Waals surface area contributed by atoms with Crippen molar-refractivity contribution < 1.29 is 35.3 Å². The van der Waals surface area contributed by atoms with Crippen LogP contribution in [0.25, 0.3) is 0 Å². The highest BCUT2D eigenvalue weighted by molar-refractivity contribution is 7.86. The van der Waals surface area contributed by atoms with Crippen molar-refractivity contribution >= 4 is 77.9 Å². The summed E-state index contributed by atoms with van der Waals surface area (Å²) >= 11 is 5.99. The van der Waals surface area contributed by atoms with Crippen molar-refractivity contribution in [3.05, 3.63) is 80.2 Å². The van der Waals surface area contributed by atoms with E-state index < -0.39 is 47.2 Å². The molecule has 1 aromatic heterocycles. The fourth-order valence-corrected chi connectivity index (χ4v) is 5.17. The molecule has 0 fully saturated rings. The molecule has 21 heteroatoms. The Labute approximate surface area is 245 Å². The summed E-state index contributed by atoms with van der Waals surface area (Å²) in [6.07, 6.45) is 0. The van der Waals surface area contributed by atoms with Crippen LogP contribution in [0.5, 0.6) is 0 Å². The van der Waals surface area contributed by atoms with E-state index in [4.69, 9.17) is 11.6 Å². The molecule has 4 aromatic rings. The quantitative estimate of drug-likeness (QED) is 0.0652. The summed E-state index contributed by atoms with van der Waals surface area (Å²) in [5.74, 6) is -1.81. The fraction of sp³-hybridized carbons (Fsp3) is 0.0455. The summed E-state index contributed by atoms with van der Waals surface area (Å²) in [7, 11) is -9.31. The maximum atomic E-state index is 14.2. The average Bonchev–Trinajstić information content (AvgIpc) is 2.87. The van der Waals surface area contributed by atoms with E-state index in [1.54, 1.807) is 0 Å². The number of halogens is 2. The number of hydrogen-bond acceptors (Lipinski definition) is 14. The van der Waals surface area contributed by atoms with E-state index >= 15 is 0 Å². The number of anilines is 6. The third kappa shape index (κ3) is 7.31. The first-order chi connectivity index (χ1) is 20.0. The van der Waals surface area contributed by atoms with Gasteiger partial charge < -0.3 is 16.0 Å². The van der Waals surface area contributed by atoms with Gasteiger partial charge in [0.1, 0.15) is 10.6 Å². The van der Waals surface area contributed by atoms with E-state index in [-0.39, 0.29) is 50.4 Å². The van der Waals surface area contributed by atoms with Gasteiger partial charge in [0.05, 0.1) is 27.3 Å². The number of nitrogens with one attached hydrogen (secondary N) is 3. The van der Waals surface area contributed by atoms with Gasteiger partial charge in [-0.3, -0.25) is 19.2 Å². The second-order valence-corrected chi connectivity index (χ2v) is 11.6. The number of hydrogen-bond donors (Lipinski definition) is 5. The smallest absolute Gasteiger partial charge is 0.307 e. The lowest BCUT2D eigenvalue weighted by Crippen LogP contribution is -2.08. The van der Waals surface area contributed by atoms with Crippen molar-refractivity contribution in [2.24, 2.45) is 5.18 Å². The Hall–Kier alpha value is -4.89. The summed E-state index contributed by atoms with van der Waals surface area (Å²) in [4.78, 5) is 32.0. The zero-order valence-corrected chi connectivity index (χ0v) is 23.6. The molecule has 0 saturated carbocycles. The van der Waals surface area contributed by atoms with Crippen molar-refractivity contribution in [2.45, 2.75) is 16.7 Å². The van der Waals surface area contributed by atoms with Crippen molar-refractivity contribution in [2.75, 3.05) is 16.0 Å². The van der Waals surface area contributed by atoms with Crippen LogP contribution in [0.4, 0.5) is 50.4 Å². The molecular formula is C22H16ClFN8O9S2. The summed E-state index contributed by atoms with van der Waals surface area (Å²) in [5, 5.41) is 21.1. The zero-order chi connectivity index (χ0) is 31.7. The predicted octanol–water partition coefficient (Wildman–Crippen LogP) is 5.00. The molecule has 17 nitrogen and oxygen atoms in total. The third-order valence-electron chi connectivity index (χ3n) is 5.46. The standard InChI is InChI=1S/C22H16ClFN8O9S2/c1-10-6-11(2-4-18(10)42(36,37)38)26-21-28-20(23)29-22(30-21)27-16-7-12(3-5-19(16)43(39,40)41)25-14-8-13(24)17(32(34)35)9-15(14)31-33/h2-9,25H,1H3,(H,36,37,38)(H,39,40,41)(H2,26,27,28,29,30). The van der Waals surface area contributed by atoms with Gasteiger partial charge in [0, 0.05) is 17.4 Å². The number of nitroso groups, excluding NO2 is 1. The molecule has 4 rings (SSSR count). The van der Waals surface area contributed by atoms with Crippen LogP contribution in [0, 0.1) is 27.8 Å². The van der Waals surface area contributed by atoms with Gasteiger partial charge in [-0.25, -0.2) is 0 Å². The minimum atomic E-state index is -4.85. The lowest BCUT2D eigenvalue weighted by atomic mass is 10.2. The summed E-state index contributed by atoms with van der Waals surface area (Å²) < 4.78 is 80.2. The Kier molecular flexibility index (Phi) is 8.50. The van der Waals surface area contributed by atoms with E-state index in [9.17, 15) is 45.4 Å². The van der Waals surface area contributed by atoms with Gasteiger partial charge in [0.15, 0.2) is 0 Å². The van der Waals surface area contributed by atoms with Gasteiger partial charge in [-0.05, 0) is 65.7 Å². The Morgan fingerprint density at radius 2 is 1.44 bits per heavy atom. The van der Waals surface area contributed by atoms with Crippen LogP contribution in [-0.4, -0.2) is 45.8 Å². The summed E-state index contributed by atoms with van der Waals surface area (Å²) in [6.45, 7) is 1.43. The molecule has 0 bridgehead atoms. The van der Waals surface area contributed by atoms with Crippen molar-refractivity contribution in [3.63, 3.8) is 0 Å². The van der Waals surface area contributed by atoms with E-state index in [1.807, 2.05) is 0 Å². The number of benzene rings is 3. The molecule has 0 atom stereocenters. The lowest BCUT2D eigenvalue weighted by molar-refractivity contribution is -0.387. The molecule has 0 aliphatic heterocycles. The predicted molar refractivity (Wildman–Crippen MR) is 150 cm³/mol. The van der Waals surface area contributed by atoms with Crippen LogP contribution < -0.4 is 16.0 Å². The van der Waals surface area contributed by atoms with E-state index in [1.165, 1.54) is 19.1 Å². The lowest BCUT2D eigenvalue weighted by Gasteiger charge is -2.14. The molecule has 0 aliphatic rings. The molecule has 0 saturated heterocycles. The molecule has 0 amide bonds. The average molecular weight is 655 g/mol. The number of aromatic nitrogens is 3. The molecule has 224 valence electrons. The number of nitro groups is 1. The van der Waals surface area contributed by atoms with Crippen molar-refractivity contribution in [1.29, 1.82) is 0 Å². The molecule has 0 unspecified atom stereocenters. The van der Waals surface area contributed by atoms with Crippen LogP contribution in [0.2, 0.25) is 5.28 Å². The van der Waals surface area contributed by atoms with Crippen LogP contribution in [0.15, 0.2) is 63.5 Å². The van der Waals surface area contributed by atoms with Gasteiger partial charge in [0.25, 0.3) is 20.2 Å². The minimum absolute atomic E-state index is 0.000884. The topological polar surface area (TPSA) is 256 Å². The monoisotopic (exact) mass is 654 g/mol. The second kappa shape index (κ2) is 11.8. The highest BCUT2D eigenvalue weighted by atomic mass is 35.5. The summed E-state index contributed by atoms with van der Waals surface area (Å²) in [5.41, 5.74) is -1.69. The van der Waals surface area contributed by atoms with Gasteiger partial charge in [-0.15, -0.1) is 4.91 Å². The molecule has 43 heavy (non-hydrogen) atoms. The molecule has 0 radical (unpaired) electrons. The zero-order valence-electron chi connectivity index (χ0n) is 21.2. The van der Waals surface area contributed by atoms with Crippen molar-refractivity contribution in [3.8, 4) is 0 Å². The Morgan fingerprint density at radius 1 is 0.860 bits per heavy atom. The van der Waals surface area contributed by atoms with Crippen LogP contribution in [0.3, 0.4) is 0 Å². The molecule has 3 aromatic carbocycles. The Balaban J connectivity index is 1.69. The SMILES string of the molecule is Cc1cc(Nc2nc(Cl)nc(Nc3cc(Nc4cc(F)c([N+](=O)[O-])cc4N=O)ccc3S(=O)(=O)O)n2)ccc1S(=O)(=O)O. The third-order valence-corrected chi connectivity index (χ3v) is 7.55. The first kappa shape index (κ1) is 31.1. The first-order valence-corrected chi connectivity index (χ1v) is 14.5. The maximum absolute atomic E-state index is 14.2. The van der Waals surface area contributed by atoms with E-state index in [0.717, 1.165) is 24.3 Å². The first-order valence-electron chi connectivity index (χ1n) is 11.3. The second-order valence-electron chi connectivity index (χ2n) is 8.44. The van der Waals surface area contributed by atoms with Crippen LogP contribution in [0.1, 0.15) is 5.56 Å². The minimum Gasteiger partial charge on any atom is -0.354 e. The molecule has 0 spiro atoms. The highest BCUT2D eigenvalue weighted by Gasteiger charge is 2.21. The van der Waals surface area contributed by atoms with E-state index in [2.05, 4.69) is 36.1 Å². The molecule has 1 heterocycles. The van der Waals surface area contributed by atoms with Gasteiger partial charge >= 0.3 is 5.69 Å². The Bertz CT molecular complexity index is 2010. The van der Waals surface area contributed by atoms with Crippen LogP contribution in [-0.2, 0) is 20.2 Å². The number of aryl methyl sites for hydroxylation is 1. The van der Waals surface area contributed by atoms with Gasteiger partial charge in [-0.1, -0.05) is 0 Å².